The normalized spacial score (nSPS) is 27.4. The monoisotopic (exact) mass is 293 g/mol. The van der Waals surface area contributed by atoms with Gasteiger partial charge in [0.2, 0.25) is 11.8 Å². The van der Waals surface area contributed by atoms with E-state index < -0.39 is 29.3 Å². The number of hydrogen-bond acceptors (Lipinski definition) is 6. The van der Waals surface area contributed by atoms with Crippen molar-refractivity contribution in [1.29, 1.82) is 0 Å². The predicted octanol–water partition coefficient (Wildman–Crippen LogP) is 0.996. The van der Waals surface area contributed by atoms with Crippen LogP contribution in [0.4, 0.5) is 19.1 Å². The number of alkyl halides is 3. The zero-order valence-electron chi connectivity index (χ0n) is 10.6. The van der Waals surface area contributed by atoms with Crippen molar-refractivity contribution in [1.82, 2.24) is 9.97 Å². The highest BCUT2D eigenvalue weighted by molar-refractivity contribution is 5.32. The summed E-state index contributed by atoms with van der Waals surface area (Å²) in [5, 5.41) is 10.1. The summed E-state index contributed by atoms with van der Waals surface area (Å²) in [5.74, 6) is -1.02. The van der Waals surface area contributed by atoms with E-state index >= 15 is 0 Å². The number of hydrogen-bond donors (Lipinski definition) is 2. The third kappa shape index (κ3) is 3.10. The summed E-state index contributed by atoms with van der Waals surface area (Å²) in [6.45, 7) is 1.68. The van der Waals surface area contributed by atoms with E-state index in [2.05, 4.69) is 9.97 Å². The highest BCUT2D eigenvalue weighted by atomic mass is 19.4. The molecule has 1 aliphatic rings. The van der Waals surface area contributed by atoms with Gasteiger partial charge >= 0.3 is 6.18 Å². The molecule has 2 unspecified atom stereocenters. The standard InChI is InChI=1S/C11H14F3N3O3/c1-10(18)5-19-3-2-7(10)20-8-6(11(12,13)14)4-16-9(15)17-8/h4,7,18H,2-3,5H2,1H3,(H2,15,16,17). The Balaban J connectivity index is 2.30. The number of anilines is 1. The van der Waals surface area contributed by atoms with Gasteiger partial charge in [-0.3, -0.25) is 0 Å². The van der Waals surface area contributed by atoms with Crippen molar-refractivity contribution < 1.29 is 27.8 Å². The summed E-state index contributed by atoms with van der Waals surface area (Å²) in [5.41, 5.74) is 2.75. The molecule has 2 heterocycles. The third-order valence-electron chi connectivity index (χ3n) is 2.94. The SMILES string of the molecule is CC1(O)COCCC1Oc1nc(N)ncc1C(F)(F)F. The van der Waals surface area contributed by atoms with Crippen LogP contribution >= 0.6 is 0 Å². The number of nitrogen functional groups attached to an aromatic ring is 1. The molecule has 0 saturated carbocycles. The van der Waals surface area contributed by atoms with Crippen LogP contribution in [0.3, 0.4) is 0 Å². The lowest BCUT2D eigenvalue weighted by Crippen LogP contribution is -2.51. The van der Waals surface area contributed by atoms with Crippen LogP contribution in [0.2, 0.25) is 0 Å². The highest BCUT2D eigenvalue weighted by Gasteiger charge is 2.41. The van der Waals surface area contributed by atoms with Gasteiger partial charge in [-0.05, 0) is 6.92 Å². The van der Waals surface area contributed by atoms with Crippen molar-refractivity contribution in [2.75, 3.05) is 18.9 Å². The van der Waals surface area contributed by atoms with Gasteiger partial charge in [-0.15, -0.1) is 0 Å². The lowest BCUT2D eigenvalue weighted by atomic mass is 9.95. The van der Waals surface area contributed by atoms with Gasteiger partial charge in [-0.1, -0.05) is 0 Å². The van der Waals surface area contributed by atoms with E-state index in [1.807, 2.05) is 0 Å². The Morgan fingerprint density at radius 3 is 2.85 bits per heavy atom. The second-order valence-corrected chi connectivity index (χ2v) is 4.75. The number of rotatable bonds is 2. The topological polar surface area (TPSA) is 90.5 Å². The number of aliphatic hydroxyl groups is 1. The second kappa shape index (κ2) is 5.06. The number of nitrogens with zero attached hydrogens (tertiary/aromatic N) is 2. The average molecular weight is 293 g/mol. The molecule has 9 heteroatoms. The first-order valence-corrected chi connectivity index (χ1v) is 5.86. The maximum atomic E-state index is 12.8. The minimum atomic E-state index is -4.67. The van der Waals surface area contributed by atoms with Gasteiger partial charge in [0, 0.05) is 12.6 Å². The summed E-state index contributed by atoms with van der Waals surface area (Å²) in [7, 11) is 0. The van der Waals surface area contributed by atoms with Crippen LogP contribution in [-0.4, -0.2) is 40.0 Å². The number of nitrogens with two attached hydrogens (primary N) is 1. The molecule has 1 aliphatic heterocycles. The van der Waals surface area contributed by atoms with Gasteiger partial charge in [0.1, 0.15) is 17.3 Å². The summed E-state index contributed by atoms with van der Waals surface area (Å²) < 4.78 is 48.8. The first-order chi connectivity index (χ1) is 9.20. The maximum Gasteiger partial charge on any atom is 0.423 e. The molecular weight excluding hydrogens is 279 g/mol. The van der Waals surface area contributed by atoms with Crippen molar-refractivity contribution in [3.05, 3.63) is 11.8 Å². The largest absolute Gasteiger partial charge is 0.471 e. The molecule has 6 nitrogen and oxygen atoms in total. The van der Waals surface area contributed by atoms with E-state index in [0.29, 0.717) is 6.20 Å². The van der Waals surface area contributed by atoms with E-state index in [1.54, 1.807) is 0 Å². The van der Waals surface area contributed by atoms with Gasteiger partial charge < -0.3 is 20.3 Å². The minimum absolute atomic E-state index is 0.0282. The molecule has 112 valence electrons. The summed E-state index contributed by atoms with van der Waals surface area (Å²) in [6, 6.07) is 0. The zero-order valence-corrected chi connectivity index (χ0v) is 10.6. The van der Waals surface area contributed by atoms with Gasteiger partial charge in [-0.2, -0.15) is 18.2 Å². The molecule has 3 N–H and O–H groups in total. The summed E-state index contributed by atoms with van der Waals surface area (Å²) >= 11 is 0. The molecule has 1 aromatic rings. The first-order valence-electron chi connectivity index (χ1n) is 5.86. The molecule has 0 radical (unpaired) electrons. The molecule has 1 saturated heterocycles. The zero-order chi connectivity index (χ0) is 15.0. The molecule has 0 spiro atoms. The molecule has 0 aromatic carbocycles. The molecule has 1 aromatic heterocycles. The fourth-order valence-electron chi connectivity index (χ4n) is 1.86. The second-order valence-electron chi connectivity index (χ2n) is 4.75. The van der Waals surface area contributed by atoms with Crippen LogP contribution in [0.5, 0.6) is 5.88 Å². The molecule has 0 aliphatic carbocycles. The van der Waals surface area contributed by atoms with Crippen molar-refractivity contribution in [2.45, 2.75) is 31.2 Å². The Kier molecular flexibility index (Phi) is 3.74. The van der Waals surface area contributed by atoms with Gasteiger partial charge in [-0.25, -0.2) is 4.98 Å². The molecule has 2 atom stereocenters. The minimum Gasteiger partial charge on any atom is -0.471 e. The molecule has 20 heavy (non-hydrogen) atoms. The fourth-order valence-corrected chi connectivity index (χ4v) is 1.86. The quantitative estimate of drug-likeness (QED) is 0.845. The van der Waals surface area contributed by atoms with Crippen molar-refractivity contribution >= 4 is 5.95 Å². The van der Waals surface area contributed by atoms with Crippen molar-refractivity contribution in [2.24, 2.45) is 0 Å². The lowest BCUT2D eigenvalue weighted by molar-refractivity contribution is -0.152. The van der Waals surface area contributed by atoms with Crippen LogP contribution in [-0.2, 0) is 10.9 Å². The van der Waals surface area contributed by atoms with Crippen LogP contribution in [0.25, 0.3) is 0 Å². The van der Waals surface area contributed by atoms with Gasteiger partial charge in [0.25, 0.3) is 0 Å². The fraction of sp³-hybridized carbons (Fsp3) is 0.636. The van der Waals surface area contributed by atoms with E-state index in [4.69, 9.17) is 15.2 Å². The van der Waals surface area contributed by atoms with Crippen molar-refractivity contribution in [3.63, 3.8) is 0 Å². The third-order valence-corrected chi connectivity index (χ3v) is 2.94. The average Bonchev–Trinajstić information content (AvgIpc) is 2.30. The van der Waals surface area contributed by atoms with Crippen LogP contribution in [0, 0.1) is 0 Å². The Morgan fingerprint density at radius 2 is 2.25 bits per heavy atom. The molecule has 0 amide bonds. The Labute approximate surface area is 112 Å². The van der Waals surface area contributed by atoms with Gasteiger partial charge in [0.15, 0.2) is 0 Å². The van der Waals surface area contributed by atoms with Gasteiger partial charge in [0.05, 0.1) is 13.2 Å². The van der Waals surface area contributed by atoms with E-state index in [0.717, 1.165) is 0 Å². The van der Waals surface area contributed by atoms with Crippen LogP contribution in [0.1, 0.15) is 18.9 Å². The molecule has 1 fully saturated rings. The molecule has 0 bridgehead atoms. The van der Waals surface area contributed by atoms with E-state index in [9.17, 15) is 18.3 Å². The van der Waals surface area contributed by atoms with Crippen LogP contribution < -0.4 is 10.5 Å². The number of aromatic nitrogens is 2. The van der Waals surface area contributed by atoms with Crippen LogP contribution in [0.15, 0.2) is 6.20 Å². The lowest BCUT2D eigenvalue weighted by Gasteiger charge is -2.36. The highest BCUT2D eigenvalue weighted by Crippen LogP contribution is 2.36. The molecule has 2 rings (SSSR count). The van der Waals surface area contributed by atoms with E-state index in [-0.39, 0.29) is 25.6 Å². The predicted molar refractivity (Wildman–Crippen MR) is 61.9 cm³/mol. The Bertz CT molecular complexity index is 494. The first kappa shape index (κ1) is 14.8. The number of ether oxygens (including phenoxy) is 2. The Hall–Kier alpha value is -1.61. The molecular formula is C11H14F3N3O3. The summed E-state index contributed by atoms with van der Waals surface area (Å²) in [4.78, 5) is 6.79. The van der Waals surface area contributed by atoms with Crippen molar-refractivity contribution in [3.8, 4) is 5.88 Å². The smallest absolute Gasteiger partial charge is 0.423 e. The maximum absolute atomic E-state index is 12.8. The van der Waals surface area contributed by atoms with E-state index in [1.165, 1.54) is 6.92 Å². The summed E-state index contributed by atoms with van der Waals surface area (Å²) in [6.07, 6.45) is -4.73. The number of halogens is 3. The Morgan fingerprint density at radius 1 is 1.55 bits per heavy atom.